The number of rotatable bonds is 8. The molecule has 1 aromatic rings. The van der Waals surface area contributed by atoms with Crippen LogP contribution in [0.4, 0.5) is 0 Å². The summed E-state index contributed by atoms with van der Waals surface area (Å²) < 4.78 is 6.76. The molecular weight excluding hydrogens is 256 g/mol. The lowest BCUT2D eigenvalue weighted by atomic mass is 10.2. The van der Waals surface area contributed by atoms with Gasteiger partial charge in [-0.2, -0.15) is 5.10 Å². The number of nitrogens with one attached hydrogen (secondary N) is 1. The van der Waals surface area contributed by atoms with Gasteiger partial charge in [0, 0.05) is 32.7 Å². The Bertz CT molecular complexity index is 454. The summed E-state index contributed by atoms with van der Waals surface area (Å²) in [5.41, 5.74) is 1.43. The SMILES string of the molecule is CCOC(=O)c1cnn(C)c1CNCCN(C)C1CC1. The molecule has 0 spiro atoms. The minimum Gasteiger partial charge on any atom is -0.462 e. The van der Waals surface area contributed by atoms with Crippen LogP contribution in [0.5, 0.6) is 0 Å². The van der Waals surface area contributed by atoms with E-state index in [4.69, 9.17) is 4.74 Å². The van der Waals surface area contributed by atoms with Gasteiger partial charge in [0.15, 0.2) is 0 Å². The topological polar surface area (TPSA) is 59.4 Å². The number of ether oxygens (including phenoxy) is 1. The molecule has 20 heavy (non-hydrogen) atoms. The zero-order valence-electron chi connectivity index (χ0n) is 12.6. The molecule has 1 aliphatic carbocycles. The number of esters is 1. The molecule has 0 aliphatic heterocycles. The normalized spacial score (nSPS) is 14.8. The third kappa shape index (κ3) is 3.80. The van der Waals surface area contributed by atoms with Crippen molar-refractivity contribution in [2.45, 2.75) is 32.4 Å². The first-order valence-corrected chi connectivity index (χ1v) is 7.22. The molecule has 0 atom stereocenters. The van der Waals surface area contributed by atoms with E-state index in [2.05, 4.69) is 22.4 Å². The van der Waals surface area contributed by atoms with Gasteiger partial charge in [0.2, 0.25) is 0 Å². The maximum Gasteiger partial charge on any atom is 0.341 e. The summed E-state index contributed by atoms with van der Waals surface area (Å²) in [7, 11) is 4.00. The van der Waals surface area contributed by atoms with Crippen LogP contribution in [-0.2, 0) is 18.3 Å². The molecule has 0 radical (unpaired) electrons. The monoisotopic (exact) mass is 280 g/mol. The molecule has 1 aliphatic rings. The van der Waals surface area contributed by atoms with Crippen molar-refractivity contribution in [3.63, 3.8) is 0 Å². The minimum absolute atomic E-state index is 0.299. The molecular formula is C14H24N4O2. The van der Waals surface area contributed by atoms with Crippen molar-refractivity contribution in [3.8, 4) is 0 Å². The minimum atomic E-state index is -0.299. The lowest BCUT2D eigenvalue weighted by Crippen LogP contribution is -2.31. The standard InChI is InChI=1S/C14H24N4O2/c1-4-20-14(19)12-9-16-18(3)13(12)10-15-7-8-17(2)11-5-6-11/h9,11,15H,4-8,10H2,1-3H3. The summed E-state index contributed by atoms with van der Waals surface area (Å²) in [4.78, 5) is 14.2. The summed E-state index contributed by atoms with van der Waals surface area (Å²) in [5, 5.41) is 7.51. The second-order valence-corrected chi connectivity index (χ2v) is 5.24. The highest BCUT2D eigenvalue weighted by Gasteiger charge is 2.25. The highest BCUT2D eigenvalue weighted by Crippen LogP contribution is 2.24. The fraction of sp³-hybridized carbons (Fsp3) is 0.714. The molecule has 6 heteroatoms. The third-order valence-electron chi connectivity index (χ3n) is 3.66. The largest absolute Gasteiger partial charge is 0.462 e. The van der Waals surface area contributed by atoms with Gasteiger partial charge < -0.3 is 15.0 Å². The van der Waals surface area contributed by atoms with E-state index in [-0.39, 0.29) is 5.97 Å². The molecule has 6 nitrogen and oxygen atoms in total. The Kier molecular flexibility index (Phi) is 5.14. The Morgan fingerprint density at radius 2 is 2.35 bits per heavy atom. The molecule has 0 saturated heterocycles. The van der Waals surface area contributed by atoms with Gasteiger partial charge in [-0.05, 0) is 26.8 Å². The van der Waals surface area contributed by atoms with Crippen molar-refractivity contribution >= 4 is 5.97 Å². The number of aromatic nitrogens is 2. The van der Waals surface area contributed by atoms with Gasteiger partial charge in [-0.25, -0.2) is 4.79 Å². The molecule has 1 N–H and O–H groups in total. The highest BCUT2D eigenvalue weighted by molar-refractivity contribution is 5.90. The van der Waals surface area contributed by atoms with E-state index in [0.29, 0.717) is 18.7 Å². The second kappa shape index (κ2) is 6.85. The van der Waals surface area contributed by atoms with Crippen LogP contribution in [0.2, 0.25) is 0 Å². The van der Waals surface area contributed by atoms with Crippen LogP contribution < -0.4 is 5.32 Å². The summed E-state index contributed by atoms with van der Waals surface area (Å²) in [5.74, 6) is -0.299. The van der Waals surface area contributed by atoms with Crippen LogP contribution in [0.25, 0.3) is 0 Å². The number of carbonyl (C=O) groups is 1. The molecule has 1 aromatic heterocycles. The Morgan fingerprint density at radius 1 is 1.60 bits per heavy atom. The summed E-state index contributed by atoms with van der Waals surface area (Å²) >= 11 is 0. The Balaban J connectivity index is 1.82. The van der Waals surface area contributed by atoms with Crippen molar-refractivity contribution in [2.75, 3.05) is 26.7 Å². The molecule has 0 unspecified atom stereocenters. The number of nitrogens with zero attached hydrogens (tertiary/aromatic N) is 3. The van der Waals surface area contributed by atoms with Gasteiger partial charge in [-0.15, -0.1) is 0 Å². The fourth-order valence-corrected chi connectivity index (χ4v) is 2.21. The summed E-state index contributed by atoms with van der Waals surface area (Å²) in [6, 6.07) is 0.781. The first kappa shape index (κ1) is 15.0. The quantitative estimate of drug-likeness (QED) is 0.563. The zero-order valence-corrected chi connectivity index (χ0v) is 12.6. The van der Waals surface area contributed by atoms with E-state index in [0.717, 1.165) is 24.8 Å². The van der Waals surface area contributed by atoms with Gasteiger partial charge in [0.1, 0.15) is 5.56 Å². The molecule has 1 heterocycles. The van der Waals surface area contributed by atoms with Gasteiger partial charge in [-0.3, -0.25) is 4.68 Å². The maximum absolute atomic E-state index is 11.8. The van der Waals surface area contributed by atoms with Gasteiger partial charge in [0.25, 0.3) is 0 Å². The molecule has 0 amide bonds. The van der Waals surface area contributed by atoms with Gasteiger partial charge in [-0.1, -0.05) is 0 Å². The average molecular weight is 280 g/mol. The van der Waals surface area contributed by atoms with Gasteiger partial charge in [0.05, 0.1) is 18.5 Å². The van der Waals surface area contributed by atoms with E-state index >= 15 is 0 Å². The van der Waals surface area contributed by atoms with E-state index in [1.54, 1.807) is 17.8 Å². The Morgan fingerprint density at radius 3 is 3.00 bits per heavy atom. The molecule has 2 rings (SSSR count). The number of likely N-dealkylation sites (N-methyl/N-ethyl adjacent to an activating group) is 1. The fourth-order valence-electron chi connectivity index (χ4n) is 2.21. The van der Waals surface area contributed by atoms with E-state index in [1.807, 2.05) is 7.05 Å². The summed E-state index contributed by atoms with van der Waals surface area (Å²) in [6.45, 7) is 4.74. The lowest BCUT2D eigenvalue weighted by molar-refractivity contribution is 0.0524. The lowest BCUT2D eigenvalue weighted by Gasteiger charge is -2.16. The number of aryl methyl sites for hydroxylation is 1. The van der Waals surface area contributed by atoms with Crippen molar-refractivity contribution in [1.82, 2.24) is 20.0 Å². The Hall–Kier alpha value is -1.40. The highest BCUT2D eigenvalue weighted by atomic mass is 16.5. The van der Waals surface area contributed by atoms with Crippen LogP contribution in [0.3, 0.4) is 0 Å². The predicted molar refractivity (Wildman–Crippen MR) is 76.5 cm³/mol. The van der Waals surface area contributed by atoms with Gasteiger partial charge >= 0.3 is 5.97 Å². The van der Waals surface area contributed by atoms with E-state index in [9.17, 15) is 4.79 Å². The van der Waals surface area contributed by atoms with Crippen LogP contribution in [0, 0.1) is 0 Å². The molecule has 0 aromatic carbocycles. The average Bonchev–Trinajstić information content (AvgIpc) is 3.20. The van der Waals surface area contributed by atoms with Crippen molar-refractivity contribution < 1.29 is 9.53 Å². The molecule has 112 valence electrons. The molecule has 1 fully saturated rings. The van der Waals surface area contributed by atoms with Crippen LogP contribution in [-0.4, -0.2) is 53.4 Å². The molecule has 1 saturated carbocycles. The van der Waals surface area contributed by atoms with Crippen LogP contribution in [0.1, 0.15) is 35.8 Å². The maximum atomic E-state index is 11.8. The smallest absolute Gasteiger partial charge is 0.341 e. The first-order valence-electron chi connectivity index (χ1n) is 7.22. The number of hydrogen-bond acceptors (Lipinski definition) is 5. The molecule has 0 bridgehead atoms. The van der Waals surface area contributed by atoms with E-state index < -0.39 is 0 Å². The second-order valence-electron chi connectivity index (χ2n) is 5.24. The van der Waals surface area contributed by atoms with Crippen LogP contribution in [0.15, 0.2) is 6.20 Å². The number of carbonyl (C=O) groups excluding carboxylic acids is 1. The van der Waals surface area contributed by atoms with Crippen molar-refractivity contribution in [1.29, 1.82) is 0 Å². The van der Waals surface area contributed by atoms with Crippen molar-refractivity contribution in [3.05, 3.63) is 17.5 Å². The Labute approximate surface area is 120 Å². The predicted octanol–water partition coefficient (Wildman–Crippen LogP) is 0.781. The van der Waals surface area contributed by atoms with E-state index in [1.165, 1.54) is 12.8 Å². The van der Waals surface area contributed by atoms with Crippen LogP contribution >= 0.6 is 0 Å². The summed E-state index contributed by atoms with van der Waals surface area (Å²) in [6.07, 6.45) is 4.22. The van der Waals surface area contributed by atoms with Crippen molar-refractivity contribution in [2.24, 2.45) is 7.05 Å². The first-order chi connectivity index (χ1) is 9.63. The zero-order chi connectivity index (χ0) is 14.5. The third-order valence-corrected chi connectivity index (χ3v) is 3.66. The number of hydrogen-bond donors (Lipinski definition) is 1.